The normalized spacial score (nSPS) is 19.4. The molecule has 1 saturated carbocycles. The van der Waals surface area contributed by atoms with E-state index >= 15 is 0 Å². The van der Waals surface area contributed by atoms with Crippen LogP contribution in [0.1, 0.15) is 31.4 Å². The van der Waals surface area contributed by atoms with E-state index in [-0.39, 0.29) is 18.0 Å². The first kappa shape index (κ1) is 18.5. The van der Waals surface area contributed by atoms with E-state index in [0.29, 0.717) is 17.1 Å². The smallest absolute Gasteiger partial charge is 0.221 e. The number of ether oxygens (including phenoxy) is 1. The van der Waals surface area contributed by atoms with Gasteiger partial charge in [0.2, 0.25) is 5.88 Å². The Bertz CT molecular complexity index is 953. The van der Waals surface area contributed by atoms with E-state index in [4.69, 9.17) is 10.5 Å². The Labute approximate surface area is 163 Å². The monoisotopic (exact) mass is 378 g/mol. The van der Waals surface area contributed by atoms with Crippen molar-refractivity contribution in [3.8, 4) is 28.3 Å². The van der Waals surface area contributed by atoms with E-state index in [0.717, 1.165) is 42.5 Å². The quantitative estimate of drug-likeness (QED) is 0.733. The summed E-state index contributed by atoms with van der Waals surface area (Å²) in [5.74, 6) is 0.180. The third-order valence-corrected chi connectivity index (χ3v) is 5.11. The fraction of sp³-hybridized carbons (Fsp3) is 0.318. The van der Waals surface area contributed by atoms with Crippen LogP contribution in [0.3, 0.4) is 0 Å². The van der Waals surface area contributed by atoms with Gasteiger partial charge in [-0.25, -0.2) is 9.37 Å². The highest BCUT2D eigenvalue weighted by atomic mass is 19.1. The molecule has 5 nitrogen and oxygen atoms in total. The highest BCUT2D eigenvalue weighted by molar-refractivity contribution is 5.72. The number of nitrogens with two attached hydrogens (primary N) is 1. The van der Waals surface area contributed by atoms with Crippen molar-refractivity contribution < 1.29 is 9.13 Å². The molecule has 6 heteroatoms. The molecule has 0 unspecified atom stereocenters. The summed E-state index contributed by atoms with van der Waals surface area (Å²) in [7, 11) is 0. The van der Waals surface area contributed by atoms with Gasteiger partial charge >= 0.3 is 0 Å². The number of aromatic nitrogens is 3. The van der Waals surface area contributed by atoms with Crippen LogP contribution in [0.15, 0.2) is 48.9 Å². The second-order valence-electron chi connectivity index (χ2n) is 7.25. The van der Waals surface area contributed by atoms with Crippen molar-refractivity contribution in [2.24, 2.45) is 5.73 Å². The number of benzene rings is 1. The van der Waals surface area contributed by atoms with Crippen LogP contribution < -0.4 is 10.5 Å². The molecule has 4 rings (SSSR count). The number of hydrogen-bond acceptors (Lipinski definition) is 5. The van der Waals surface area contributed by atoms with Gasteiger partial charge in [0.1, 0.15) is 11.9 Å². The van der Waals surface area contributed by atoms with Gasteiger partial charge in [0.25, 0.3) is 0 Å². The Hall–Kier alpha value is -2.86. The number of aryl methyl sites for hydroxylation is 1. The SMILES string of the molecule is Cc1cnc(-c2ccc(-c3cccnc3OC3CCC(N)CC3)cc2F)cn1. The zero-order valence-electron chi connectivity index (χ0n) is 15.8. The van der Waals surface area contributed by atoms with Crippen molar-refractivity contribution >= 4 is 0 Å². The maximum Gasteiger partial charge on any atom is 0.221 e. The summed E-state index contributed by atoms with van der Waals surface area (Å²) >= 11 is 0. The summed E-state index contributed by atoms with van der Waals surface area (Å²) in [6.07, 6.45) is 8.74. The number of halogens is 1. The average molecular weight is 378 g/mol. The molecule has 1 aliphatic rings. The topological polar surface area (TPSA) is 73.9 Å². The van der Waals surface area contributed by atoms with Crippen LogP contribution in [0.25, 0.3) is 22.4 Å². The maximum atomic E-state index is 14.8. The summed E-state index contributed by atoms with van der Waals surface area (Å²) in [4.78, 5) is 12.8. The molecule has 1 aliphatic carbocycles. The van der Waals surface area contributed by atoms with Crippen LogP contribution in [0.5, 0.6) is 5.88 Å². The Morgan fingerprint density at radius 1 is 1.00 bits per heavy atom. The van der Waals surface area contributed by atoms with Crippen LogP contribution >= 0.6 is 0 Å². The predicted octanol–water partition coefficient (Wildman–Crippen LogP) is 4.30. The summed E-state index contributed by atoms with van der Waals surface area (Å²) in [6.45, 7) is 1.85. The van der Waals surface area contributed by atoms with E-state index in [9.17, 15) is 4.39 Å². The molecule has 1 fully saturated rings. The van der Waals surface area contributed by atoms with Gasteiger partial charge in [0, 0.05) is 29.6 Å². The van der Waals surface area contributed by atoms with Gasteiger partial charge in [0.05, 0.1) is 17.6 Å². The second-order valence-corrected chi connectivity index (χ2v) is 7.25. The van der Waals surface area contributed by atoms with Crippen molar-refractivity contribution in [3.63, 3.8) is 0 Å². The van der Waals surface area contributed by atoms with E-state index in [1.807, 2.05) is 25.1 Å². The van der Waals surface area contributed by atoms with Crippen LogP contribution in [0, 0.1) is 12.7 Å². The minimum atomic E-state index is -0.353. The molecular weight excluding hydrogens is 355 g/mol. The first-order chi connectivity index (χ1) is 13.6. The number of hydrogen-bond donors (Lipinski definition) is 1. The van der Waals surface area contributed by atoms with Gasteiger partial charge < -0.3 is 10.5 Å². The molecule has 2 N–H and O–H groups in total. The van der Waals surface area contributed by atoms with Crippen molar-refractivity contribution in [2.75, 3.05) is 0 Å². The molecule has 1 aromatic carbocycles. The van der Waals surface area contributed by atoms with Gasteiger partial charge in [-0.15, -0.1) is 0 Å². The zero-order chi connectivity index (χ0) is 19.5. The van der Waals surface area contributed by atoms with Gasteiger partial charge in [-0.2, -0.15) is 0 Å². The molecule has 3 aromatic rings. The lowest BCUT2D eigenvalue weighted by atomic mass is 9.93. The zero-order valence-corrected chi connectivity index (χ0v) is 15.8. The van der Waals surface area contributed by atoms with Gasteiger partial charge in [-0.3, -0.25) is 9.97 Å². The largest absolute Gasteiger partial charge is 0.474 e. The molecular formula is C22H23FN4O. The van der Waals surface area contributed by atoms with E-state index in [1.165, 1.54) is 6.07 Å². The fourth-order valence-corrected chi connectivity index (χ4v) is 3.49. The number of pyridine rings is 1. The van der Waals surface area contributed by atoms with E-state index in [2.05, 4.69) is 15.0 Å². The van der Waals surface area contributed by atoms with Crippen molar-refractivity contribution in [3.05, 3.63) is 60.4 Å². The number of nitrogens with zero attached hydrogens (tertiary/aromatic N) is 3. The van der Waals surface area contributed by atoms with Crippen molar-refractivity contribution in [2.45, 2.75) is 44.8 Å². The maximum absolute atomic E-state index is 14.8. The van der Waals surface area contributed by atoms with Crippen LogP contribution in [-0.2, 0) is 0 Å². The Morgan fingerprint density at radius 2 is 1.82 bits per heavy atom. The Morgan fingerprint density at radius 3 is 2.54 bits per heavy atom. The number of rotatable bonds is 4. The molecule has 0 bridgehead atoms. The first-order valence-electron chi connectivity index (χ1n) is 9.56. The van der Waals surface area contributed by atoms with Crippen LogP contribution in [0.4, 0.5) is 4.39 Å². The minimum absolute atomic E-state index is 0.0976. The lowest BCUT2D eigenvalue weighted by Gasteiger charge is -2.27. The molecule has 2 heterocycles. The molecule has 28 heavy (non-hydrogen) atoms. The molecule has 2 aromatic heterocycles. The van der Waals surface area contributed by atoms with Crippen LogP contribution in [-0.4, -0.2) is 27.1 Å². The van der Waals surface area contributed by atoms with Crippen molar-refractivity contribution in [1.29, 1.82) is 0 Å². The van der Waals surface area contributed by atoms with Crippen LogP contribution in [0.2, 0.25) is 0 Å². The molecule has 0 aliphatic heterocycles. The fourth-order valence-electron chi connectivity index (χ4n) is 3.49. The first-order valence-corrected chi connectivity index (χ1v) is 9.56. The Balaban J connectivity index is 1.61. The Kier molecular flexibility index (Phi) is 5.30. The molecule has 0 atom stereocenters. The average Bonchev–Trinajstić information content (AvgIpc) is 2.71. The van der Waals surface area contributed by atoms with Gasteiger partial charge in [0.15, 0.2) is 0 Å². The molecule has 0 spiro atoms. The van der Waals surface area contributed by atoms with Gasteiger partial charge in [-0.1, -0.05) is 6.07 Å². The molecule has 0 amide bonds. The van der Waals surface area contributed by atoms with Crippen molar-refractivity contribution in [1.82, 2.24) is 15.0 Å². The standard InChI is InChI=1S/C22H23FN4O/c1-14-12-27-21(13-26-14)19-9-4-15(11-20(19)23)18-3-2-10-25-22(18)28-17-7-5-16(24)6-8-17/h2-4,9-13,16-17H,5-8,24H2,1H3. The lowest BCUT2D eigenvalue weighted by Crippen LogP contribution is -2.31. The highest BCUT2D eigenvalue weighted by Gasteiger charge is 2.22. The summed E-state index contributed by atoms with van der Waals surface area (Å²) in [6, 6.07) is 9.07. The summed E-state index contributed by atoms with van der Waals surface area (Å²) < 4.78 is 21.0. The minimum Gasteiger partial charge on any atom is -0.474 e. The summed E-state index contributed by atoms with van der Waals surface area (Å²) in [5, 5.41) is 0. The third kappa shape index (κ3) is 4.02. The third-order valence-electron chi connectivity index (χ3n) is 5.11. The van der Waals surface area contributed by atoms with E-state index < -0.39 is 0 Å². The molecule has 144 valence electrons. The highest BCUT2D eigenvalue weighted by Crippen LogP contribution is 2.33. The summed E-state index contributed by atoms with van der Waals surface area (Å²) in [5.41, 5.74) is 9.19. The predicted molar refractivity (Wildman–Crippen MR) is 106 cm³/mol. The lowest BCUT2D eigenvalue weighted by molar-refractivity contribution is 0.142. The second kappa shape index (κ2) is 8.02. The molecule has 0 saturated heterocycles. The molecule has 0 radical (unpaired) electrons. The van der Waals surface area contributed by atoms with Gasteiger partial charge in [-0.05, 0) is 62.4 Å². The van der Waals surface area contributed by atoms with E-state index in [1.54, 1.807) is 24.7 Å².